The SMILES string of the molecule is CC1(CI)CSc2n(-c3ccccc3)c(=O)c3c4c(sc3[n+]21)CCCC4.[I-]. The number of thioether (sulfide) groups is 1. The average Bonchev–Trinajstić information content (AvgIpc) is 3.22. The number of aromatic nitrogens is 2. The first-order valence-electron chi connectivity index (χ1n) is 9.04. The standard InChI is InChI=1S/C20H20IN2OS2.HI/c1-20(11-21)12-25-19-22(13-7-3-2-4-8-13)17(24)16-14-9-5-6-10-15(14)26-18(16)23(19)20;/h2-4,7-8H,5-6,9-12H2,1H3;1H/q+1;/p-1. The molecule has 1 aliphatic heterocycles. The van der Waals surface area contributed by atoms with Gasteiger partial charge in [0.25, 0.3) is 0 Å². The Bertz CT molecular complexity index is 1080. The van der Waals surface area contributed by atoms with E-state index in [0.29, 0.717) is 0 Å². The highest BCUT2D eigenvalue weighted by molar-refractivity contribution is 14.1. The summed E-state index contributed by atoms with van der Waals surface area (Å²) in [4.78, 5) is 16.3. The fourth-order valence-electron chi connectivity index (χ4n) is 4.11. The summed E-state index contributed by atoms with van der Waals surface area (Å²) in [6.45, 7) is 2.33. The Hall–Kier alpha value is -0.130. The van der Waals surface area contributed by atoms with Crippen LogP contribution in [-0.4, -0.2) is 14.7 Å². The molecule has 3 heterocycles. The van der Waals surface area contributed by atoms with E-state index in [1.54, 1.807) is 0 Å². The van der Waals surface area contributed by atoms with Crippen LogP contribution in [0.15, 0.2) is 40.3 Å². The van der Waals surface area contributed by atoms with Gasteiger partial charge in [-0.1, -0.05) is 52.1 Å². The lowest BCUT2D eigenvalue weighted by atomic mass is 9.97. The highest BCUT2D eigenvalue weighted by atomic mass is 127. The van der Waals surface area contributed by atoms with Gasteiger partial charge in [0.05, 0.1) is 0 Å². The van der Waals surface area contributed by atoms with Crippen molar-refractivity contribution in [2.24, 2.45) is 0 Å². The largest absolute Gasteiger partial charge is 1.00 e. The fraction of sp³-hybridized carbons (Fsp3) is 0.400. The monoisotopic (exact) mass is 622 g/mol. The number of nitrogens with zero attached hydrogens (tertiary/aromatic N) is 2. The molecule has 0 radical (unpaired) electrons. The Morgan fingerprint density at radius 3 is 2.70 bits per heavy atom. The Balaban J connectivity index is 0.00000180. The highest BCUT2D eigenvalue weighted by Gasteiger charge is 2.46. The second-order valence-electron chi connectivity index (χ2n) is 7.40. The van der Waals surface area contributed by atoms with Gasteiger partial charge in [-0.3, -0.25) is 0 Å². The van der Waals surface area contributed by atoms with Gasteiger partial charge in [0.1, 0.15) is 16.6 Å². The van der Waals surface area contributed by atoms with Crippen molar-refractivity contribution in [3.63, 3.8) is 0 Å². The molecule has 0 fully saturated rings. The second-order valence-corrected chi connectivity index (χ2v) is 10.2. The van der Waals surface area contributed by atoms with Gasteiger partial charge in [-0.05, 0) is 62.1 Å². The number of hydrogen-bond acceptors (Lipinski definition) is 3. The van der Waals surface area contributed by atoms with Crippen molar-refractivity contribution in [1.82, 2.24) is 4.57 Å². The zero-order valence-electron chi connectivity index (χ0n) is 15.0. The van der Waals surface area contributed by atoms with Crippen molar-refractivity contribution in [3.8, 4) is 5.69 Å². The van der Waals surface area contributed by atoms with Crippen LogP contribution >= 0.6 is 45.7 Å². The molecular weight excluding hydrogens is 602 g/mol. The van der Waals surface area contributed by atoms with Crippen molar-refractivity contribution in [1.29, 1.82) is 0 Å². The number of fused-ring (bicyclic) bond motifs is 5. The van der Waals surface area contributed by atoms with E-state index in [1.807, 2.05) is 58.0 Å². The summed E-state index contributed by atoms with van der Waals surface area (Å²) in [7, 11) is 0. The van der Waals surface area contributed by atoms with Crippen molar-refractivity contribution in [2.75, 3.05) is 10.2 Å². The van der Waals surface area contributed by atoms with Crippen LogP contribution in [0.2, 0.25) is 0 Å². The zero-order valence-corrected chi connectivity index (χ0v) is 21.0. The third-order valence-corrected chi connectivity index (χ3v) is 9.82. The van der Waals surface area contributed by atoms with Gasteiger partial charge in [-0.25, -0.2) is 9.36 Å². The van der Waals surface area contributed by atoms with Crippen LogP contribution in [-0.2, 0) is 18.4 Å². The van der Waals surface area contributed by atoms with Crippen molar-refractivity contribution >= 4 is 55.9 Å². The molecule has 0 spiro atoms. The van der Waals surface area contributed by atoms with E-state index < -0.39 is 0 Å². The molecule has 1 unspecified atom stereocenters. The Morgan fingerprint density at radius 2 is 1.96 bits per heavy atom. The summed E-state index contributed by atoms with van der Waals surface area (Å²) >= 11 is 6.20. The number of aryl methyl sites for hydroxylation is 2. The van der Waals surface area contributed by atoms with Crippen LogP contribution in [0.5, 0.6) is 0 Å². The molecule has 0 saturated carbocycles. The number of hydrogen-bond donors (Lipinski definition) is 0. The van der Waals surface area contributed by atoms with Gasteiger partial charge < -0.3 is 24.0 Å². The highest BCUT2D eigenvalue weighted by Crippen LogP contribution is 2.39. The number of halogens is 2. The van der Waals surface area contributed by atoms with Gasteiger partial charge in [0, 0.05) is 15.1 Å². The molecule has 1 aliphatic carbocycles. The summed E-state index contributed by atoms with van der Waals surface area (Å²) in [5, 5.41) is 2.07. The van der Waals surface area contributed by atoms with E-state index in [4.69, 9.17) is 0 Å². The maximum absolute atomic E-state index is 13.7. The maximum Gasteiger partial charge on any atom is 0.352 e. The van der Waals surface area contributed by atoms with Crippen LogP contribution in [0.4, 0.5) is 0 Å². The molecule has 142 valence electrons. The number of benzene rings is 1. The first-order chi connectivity index (χ1) is 12.6. The van der Waals surface area contributed by atoms with Crippen LogP contribution in [0.25, 0.3) is 15.9 Å². The van der Waals surface area contributed by atoms with Gasteiger partial charge in [0.2, 0.25) is 0 Å². The molecule has 3 nitrogen and oxygen atoms in total. The van der Waals surface area contributed by atoms with E-state index in [2.05, 4.69) is 34.1 Å². The first kappa shape index (κ1) is 20.2. The number of para-hydroxylation sites is 1. The lowest BCUT2D eigenvalue weighted by Gasteiger charge is -2.19. The van der Waals surface area contributed by atoms with Gasteiger partial charge in [-0.15, -0.1) is 0 Å². The molecule has 5 rings (SSSR count). The lowest BCUT2D eigenvalue weighted by Crippen LogP contribution is -3.00. The summed E-state index contributed by atoms with van der Waals surface area (Å²) < 4.78 is 5.49. The van der Waals surface area contributed by atoms with Crippen molar-refractivity contribution < 1.29 is 28.5 Å². The summed E-state index contributed by atoms with van der Waals surface area (Å²) in [5.74, 6) is 1.02. The quantitative estimate of drug-likeness (QED) is 0.188. The number of thiophene rings is 1. The molecule has 0 amide bonds. The molecule has 0 N–H and O–H groups in total. The van der Waals surface area contributed by atoms with Crippen LogP contribution in [0, 0.1) is 0 Å². The van der Waals surface area contributed by atoms with Crippen LogP contribution in [0.1, 0.15) is 30.2 Å². The molecule has 7 heteroatoms. The molecule has 0 bridgehead atoms. The molecule has 2 aliphatic rings. The van der Waals surface area contributed by atoms with Crippen molar-refractivity contribution in [3.05, 3.63) is 51.1 Å². The minimum absolute atomic E-state index is 0. The Labute approximate surface area is 197 Å². The van der Waals surface area contributed by atoms with E-state index in [0.717, 1.165) is 39.3 Å². The Morgan fingerprint density at radius 1 is 1.22 bits per heavy atom. The fourth-order valence-corrected chi connectivity index (χ4v) is 8.09. The predicted molar refractivity (Wildman–Crippen MR) is 118 cm³/mol. The first-order valence-corrected chi connectivity index (χ1v) is 12.4. The molecule has 2 aromatic heterocycles. The van der Waals surface area contributed by atoms with Gasteiger partial charge in [0.15, 0.2) is 4.83 Å². The predicted octanol–water partition coefficient (Wildman–Crippen LogP) is 1.48. The summed E-state index contributed by atoms with van der Waals surface area (Å²) in [6, 6.07) is 10.1. The van der Waals surface area contributed by atoms with E-state index in [9.17, 15) is 4.79 Å². The normalized spacial score (nSPS) is 21.0. The van der Waals surface area contributed by atoms with E-state index in [1.165, 1.54) is 28.1 Å². The second kappa shape index (κ2) is 7.60. The minimum atomic E-state index is 0. The van der Waals surface area contributed by atoms with Crippen molar-refractivity contribution in [2.45, 2.75) is 43.3 Å². The molecule has 0 saturated heterocycles. The van der Waals surface area contributed by atoms with Crippen LogP contribution in [0.3, 0.4) is 0 Å². The molecule has 3 aromatic rings. The Kier molecular flexibility index (Phi) is 5.68. The van der Waals surface area contributed by atoms with Gasteiger partial charge >= 0.3 is 10.7 Å². The number of rotatable bonds is 2. The van der Waals surface area contributed by atoms with Gasteiger partial charge in [-0.2, -0.15) is 4.57 Å². The summed E-state index contributed by atoms with van der Waals surface area (Å²) in [5.41, 5.74) is 2.52. The van der Waals surface area contributed by atoms with E-state index >= 15 is 0 Å². The third-order valence-electron chi connectivity index (χ3n) is 5.51. The van der Waals surface area contributed by atoms with Crippen LogP contribution < -0.4 is 34.1 Å². The topological polar surface area (TPSA) is 25.9 Å². The molecule has 1 atom stereocenters. The zero-order chi connectivity index (χ0) is 17.9. The average molecular weight is 622 g/mol. The minimum Gasteiger partial charge on any atom is -1.00 e. The van der Waals surface area contributed by atoms with E-state index in [-0.39, 0.29) is 35.1 Å². The molecule has 1 aromatic carbocycles. The molecular formula is C20H20I2N2OS2. The number of alkyl halides is 1. The smallest absolute Gasteiger partial charge is 0.352 e. The lowest BCUT2D eigenvalue weighted by molar-refractivity contribution is -0.757. The molecule has 27 heavy (non-hydrogen) atoms. The summed E-state index contributed by atoms with van der Waals surface area (Å²) in [6.07, 6.45) is 4.62. The maximum atomic E-state index is 13.7. The third kappa shape index (κ3) is 3.02.